The largest absolute Gasteiger partial charge is 0.462 e. The highest BCUT2D eigenvalue weighted by molar-refractivity contribution is 7.90. The summed E-state index contributed by atoms with van der Waals surface area (Å²) in [6, 6.07) is 3.26. The first-order valence-corrected chi connectivity index (χ1v) is 8.04. The van der Waals surface area contributed by atoms with E-state index in [1.807, 2.05) is 0 Å². The molecule has 0 aliphatic heterocycles. The van der Waals surface area contributed by atoms with Crippen LogP contribution in [0.25, 0.3) is 0 Å². The van der Waals surface area contributed by atoms with Crippen molar-refractivity contribution in [2.75, 3.05) is 30.5 Å². The van der Waals surface area contributed by atoms with Crippen molar-refractivity contribution in [1.82, 2.24) is 4.98 Å². The molecule has 0 aliphatic rings. The normalized spacial score (nSPS) is 11.1. The van der Waals surface area contributed by atoms with Crippen LogP contribution < -0.4 is 5.32 Å². The van der Waals surface area contributed by atoms with E-state index < -0.39 is 15.8 Å². The smallest absolute Gasteiger partial charge is 0.341 e. The molecule has 1 aromatic rings. The summed E-state index contributed by atoms with van der Waals surface area (Å²) in [6.07, 6.45) is 3.21. The van der Waals surface area contributed by atoms with Crippen LogP contribution in [0.1, 0.15) is 23.7 Å². The maximum absolute atomic E-state index is 11.7. The summed E-state index contributed by atoms with van der Waals surface area (Å²) in [5.41, 5.74) is 0.351. The molecule has 0 unspecified atom stereocenters. The Hall–Kier alpha value is -1.63. The van der Waals surface area contributed by atoms with E-state index in [9.17, 15) is 13.2 Å². The molecule has 0 amide bonds. The first-order valence-electron chi connectivity index (χ1n) is 5.97. The fourth-order valence-corrected chi connectivity index (χ4v) is 2.13. The number of hydrogen-bond donors (Lipinski definition) is 1. The minimum atomic E-state index is -2.97. The van der Waals surface area contributed by atoms with Gasteiger partial charge in [0, 0.05) is 19.0 Å². The van der Waals surface area contributed by atoms with E-state index in [4.69, 9.17) is 4.74 Å². The molecule has 1 rings (SSSR count). The number of esters is 1. The van der Waals surface area contributed by atoms with Gasteiger partial charge in [-0.2, -0.15) is 0 Å². The Morgan fingerprint density at radius 3 is 2.84 bits per heavy atom. The topological polar surface area (TPSA) is 85.4 Å². The van der Waals surface area contributed by atoms with Crippen molar-refractivity contribution in [2.24, 2.45) is 0 Å². The lowest BCUT2D eigenvalue weighted by Gasteiger charge is -2.09. The van der Waals surface area contributed by atoms with Gasteiger partial charge in [0.15, 0.2) is 0 Å². The van der Waals surface area contributed by atoms with E-state index in [0.29, 0.717) is 31.0 Å². The second-order valence-corrected chi connectivity index (χ2v) is 6.29. The van der Waals surface area contributed by atoms with Crippen molar-refractivity contribution < 1.29 is 17.9 Å². The van der Waals surface area contributed by atoms with Gasteiger partial charge in [0.2, 0.25) is 0 Å². The zero-order valence-corrected chi connectivity index (χ0v) is 11.9. The number of anilines is 1. The highest BCUT2D eigenvalue weighted by Crippen LogP contribution is 2.12. The first-order chi connectivity index (χ1) is 8.94. The number of carbonyl (C=O) groups excluding carboxylic acids is 1. The molecule has 0 spiro atoms. The first kappa shape index (κ1) is 15.4. The van der Waals surface area contributed by atoms with Crippen LogP contribution in [0, 0.1) is 0 Å². The van der Waals surface area contributed by atoms with Gasteiger partial charge in [0.25, 0.3) is 0 Å². The Morgan fingerprint density at radius 2 is 2.21 bits per heavy atom. The number of carbonyl (C=O) groups is 1. The molecule has 6 nitrogen and oxygen atoms in total. The van der Waals surface area contributed by atoms with E-state index in [2.05, 4.69) is 10.3 Å². The Labute approximate surface area is 113 Å². The highest BCUT2D eigenvalue weighted by Gasteiger charge is 2.12. The van der Waals surface area contributed by atoms with Crippen LogP contribution in [0.4, 0.5) is 5.82 Å². The van der Waals surface area contributed by atoms with Crippen LogP contribution in [-0.4, -0.2) is 44.5 Å². The van der Waals surface area contributed by atoms with Gasteiger partial charge in [-0.25, -0.2) is 18.2 Å². The Kier molecular flexibility index (Phi) is 5.75. The van der Waals surface area contributed by atoms with Gasteiger partial charge in [-0.1, -0.05) is 0 Å². The molecular formula is C12H18N2O4S. The lowest BCUT2D eigenvalue weighted by atomic mass is 10.2. The predicted octanol–water partition coefficient (Wildman–Crippen LogP) is 1.10. The third-order valence-corrected chi connectivity index (χ3v) is 3.32. The number of pyridine rings is 1. The predicted molar refractivity (Wildman–Crippen MR) is 73.0 cm³/mol. The summed E-state index contributed by atoms with van der Waals surface area (Å²) in [7, 11) is -2.97. The van der Waals surface area contributed by atoms with Gasteiger partial charge in [0.05, 0.1) is 12.4 Å². The van der Waals surface area contributed by atoms with Gasteiger partial charge < -0.3 is 10.1 Å². The van der Waals surface area contributed by atoms with Crippen molar-refractivity contribution in [3.8, 4) is 0 Å². The average Bonchev–Trinajstić information content (AvgIpc) is 2.34. The summed E-state index contributed by atoms with van der Waals surface area (Å²) < 4.78 is 26.9. The maximum atomic E-state index is 11.7. The van der Waals surface area contributed by atoms with Crippen molar-refractivity contribution in [3.05, 3.63) is 23.9 Å². The molecule has 0 atom stereocenters. The monoisotopic (exact) mass is 286 g/mol. The zero-order valence-electron chi connectivity index (χ0n) is 11.0. The number of nitrogens with zero attached hydrogens (tertiary/aromatic N) is 1. The van der Waals surface area contributed by atoms with Gasteiger partial charge >= 0.3 is 5.97 Å². The summed E-state index contributed by atoms with van der Waals surface area (Å²) in [5, 5.41) is 2.95. The summed E-state index contributed by atoms with van der Waals surface area (Å²) >= 11 is 0. The number of rotatable bonds is 7. The minimum absolute atomic E-state index is 0.0988. The van der Waals surface area contributed by atoms with Crippen molar-refractivity contribution in [3.63, 3.8) is 0 Å². The fourth-order valence-electron chi connectivity index (χ4n) is 1.46. The van der Waals surface area contributed by atoms with Crippen LogP contribution in [0.15, 0.2) is 18.3 Å². The van der Waals surface area contributed by atoms with E-state index in [1.54, 1.807) is 25.3 Å². The molecule has 0 fully saturated rings. The third-order valence-electron chi connectivity index (χ3n) is 2.29. The van der Waals surface area contributed by atoms with Crippen molar-refractivity contribution in [2.45, 2.75) is 13.3 Å². The van der Waals surface area contributed by atoms with Crippen LogP contribution >= 0.6 is 0 Å². The number of ether oxygens (including phenoxy) is 1. The third kappa shape index (κ3) is 5.69. The summed E-state index contributed by atoms with van der Waals surface area (Å²) in [6.45, 7) is 2.45. The average molecular weight is 286 g/mol. The molecule has 106 valence electrons. The van der Waals surface area contributed by atoms with Crippen molar-refractivity contribution >= 4 is 21.6 Å². The molecule has 0 aromatic carbocycles. The lowest BCUT2D eigenvalue weighted by molar-refractivity contribution is 0.0527. The number of aromatic nitrogens is 1. The molecule has 19 heavy (non-hydrogen) atoms. The molecule has 7 heteroatoms. The van der Waals surface area contributed by atoms with Gasteiger partial charge in [0.1, 0.15) is 21.2 Å². The molecule has 0 saturated carbocycles. The minimum Gasteiger partial charge on any atom is -0.462 e. The Bertz CT molecular complexity index is 528. The van der Waals surface area contributed by atoms with E-state index in [-0.39, 0.29) is 5.75 Å². The number of hydrogen-bond acceptors (Lipinski definition) is 6. The fraction of sp³-hybridized carbons (Fsp3) is 0.500. The zero-order chi connectivity index (χ0) is 14.3. The SMILES string of the molecule is CCOC(=O)c1cccnc1NCCCS(C)(=O)=O. The standard InChI is InChI=1S/C12H18N2O4S/c1-3-18-12(15)10-6-4-7-13-11(10)14-8-5-9-19(2,16)17/h4,6-7H,3,5,8-9H2,1-2H3,(H,13,14). The van der Waals surface area contributed by atoms with Crippen LogP contribution in [0.5, 0.6) is 0 Å². The van der Waals surface area contributed by atoms with Crippen LogP contribution in [0.2, 0.25) is 0 Å². The molecular weight excluding hydrogens is 268 g/mol. The molecule has 1 heterocycles. The molecule has 0 bridgehead atoms. The van der Waals surface area contributed by atoms with Crippen LogP contribution in [0.3, 0.4) is 0 Å². The molecule has 0 saturated heterocycles. The van der Waals surface area contributed by atoms with Gasteiger partial charge in [-0.3, -0.25) is 0 Å². The lowest BCUT2D eigenvalue weighted by Crippen LogP contribution is -2.14. The van der Waals surface area contributed by atoms with Gasteiger partial charge in [-0.15, -0.1) is 0 Å². The quantitative estimate of drug-likeness (QED) is 0.597. The second-order valence-electron chi connectivity index (χ2n) is 4.03. The van der Waals surface area contributed by atoms with E-state index in [0.717, 1.165) is 0 Å². The molecule has 1 N–H and O–H groups in total. The number of sulfone groups is 1. The number of nitrogens with one attached hydrogen (secondary N) is 1. The van der Waals surface area contributed by atoms with Crippen LogP contribution in [-0.2, 0) is 14.6 Å². The van der Waals surface area contributed by atoms with Gasteiger partial charge in [-0.05, 0) is 25.5 Å². The molecule has 1 aromatic heterocycles. The Balaban J connectivity index is 2.61. The van der Waals surface area contributed by atoms with E-state index in [1.165, 1.54) is 6.26 Å². The summed E-state index contributed by atoms with van der Waals surface area (Å²) in [5.74, 6) is 0.0670. The van der Waals surface area contributed by atoms with Crippen molar-refractivity contribution in [1.29, 1.82) is 0 Å². The Morgan fingerprint density at radius 1 is 1.47 bits per heavy atom. The summed E-state index contributed by atoms with van der Waals surface area (Å²) in [4.78, 5) is 15.7. The maximum Gasteiger partial charge on any atom is 0.341 e. The second kappa shape index (κ2) is 7.08. The highest BCUT2D eigenvalue weighted by atomic mass is 32.2. The molecule has 0 radical (unpaired) electrons. The molecule has 0 aliphatic carbocycles. The van der Waals surface area contributed by atoms with E-state index >= 15 is 0 Å².